The third kappa shape index (κ3) is 4.34. The highest BCUT2D eigenvalue weighted by Crippen LogP contribution is 2.26. The van der Waals surface area contributed by atoms with Crippen molar-refractivity contribution in [2.45, 2.75) is 51.4 Å². The van der Waals surface area contributed by atoms with Crippen molar-refractivity contribution in [1.82, 2.24) is 4.98 Å². The van der Waals surface area contributed by atoms with E-state index in [1.807, 2.05) is 6.20 Å². The summed E-state index contributed by atoms with van der Waals surface area (Å²) >= 11 is 0. The van der Waals surface area contributed by atoms with Crippen LogP contribution in [0.1, 0.15) is 50.5 Å². The van der Waals surface area contributed by atoms with E-state index < -0.39 is 0 Å². The van der Waals surface area contributed by atoms with Crippen LogP contribution in [0.2, 0.25) is 0 Å². The number of hydrogen-bond acceptors (Lipinski definition) is 2. The second-order valence-corrected chi connectivity index (χ2v) is 6.54. The van der Waals surface area contributed by atoms with Gasteiger partial charge in [-0.3, -0.25) is 4.79 Å². The zero-order valence-electron chi connectivity index (χ0n) is 13.4. The molecule has 0 aliphatic heterocycles. The van der Waals surface area contributed by atoms with Gasteiger partial charge in [0.15, 0.2) is 0 Å². The van der Waals surface area contributed by atoms with Gasteiger partial charge in [0, 0.05) is 23.5 Å². The smallest absolute Gasteiger partial charge is 0.306 e. The summed E-state index contributed by atoms with van der Waals surface area (Å²) in [5, 5.41) is 0.915. The third-order valence-electron chi connectivity index (χ3n) is 4.76. The highest BCUT2D eigenvalue weighted by molar-refractivity contribution is 5.83. The fourth-order valence-corrected chi connectivity index (χ4v) is 3.49. The molecule has 1 aliphatic carbocycles. The Morgan fingerprint density at radius 2 is 2.09 bits per heavy atom. The van der Waals surface area contributed by atoms with Crippen molar-refractivity contribution in [3.05, 3.63) is 35.8 Å². The van der Waals surface area contributed by atoms with Crippen LogP contribution in [0.4, 0.5) is 4.39 Å². The Balaban J connectivity index is 1.42. The monoisotopic (exact) mass is 317 g/mol. The number of H-pyrrole nitrogens is 1. The van der Waals surface area contributed by atoms with Crippen LogP contribution in [0.25, 0.3) is 10.9 Å². The number of ether oxygens (including phenoxy) is 1. The van der Waals surface area contributed by atoms with E-state index in [4.69, 9.17) is 4.74 Å². The van der Waals surface area contributed by atoms with Gasteiger partial charge in [-0.25, -0.2) is 4.39 Å². The molecule has 2 aromatic rings. The molecule has 0 saturated heterocycles. The fraction of sp³-hybridized carbons (Fsp3) is 0.526. The van der Waals surface area contributed by atoms with Crippen molar-refractivity contribution in [1.29, 1.82) is 0 Å². The van der Waals surface area contributed by atoms with Gasteiger partial charge < -0.3 is 9.72 Å². The number of nitrogens with one attached hydrogen (secondary N) is 1. The first-order valence-corrected chi connectivity index (χ1v) is 8.63. The lowest BCUT2D eigenvalue weighted by atomic mass is 9.87. The molecular formula is C19H24FNO2. The summed E-state index contributed by atoms with van der Waals surface area (Å²) in [5.41, 5.74) is 2.01. The van der Waals surface area contributed by atoms with E-state index in [2.05, 4.69) is 4.98 Å². The van der Waals surface area contributed by atoms with E-state index in [9.17, 15) is 9.18 Å². The number of carbonyl (C=O) groups excluding carboxylic acids is 1. The topological polar surface area (TPSA) is 42.1 Å². The molecule has 1 aromatic heterocycles. The van der Waals surface area contributed by atoms with Crippen molar-refractivity contribution in [2.75, 3.05) is 6.61 Å². The SMILES string of the molecule is O=C(CC1CCCCC1)OCCCc1c[nH]c2ccc(F)cc12. The van der Waals surface area contributed by atoms with Crippen LogP contribution in [-0.4, -0.2) is 17.6 Å². The number of halogens is 1. The number of aromatic amines is 1. The molecule has 1 aliphatic rings. The number of aryl methyl sites for hydroxylation is 1. The first-order chi connectivity index (χ1) is 11.2. The van der Waals surface area contributed by atoms with Gasteiger partial charge >= 0.3 is 5.97 Å². The first-order valence-electron chi connectivity index (χ1n) is 8.63. The highest BCUT2D eigenvalue weighted by atomic mass is 19.1. The molecule has 0 spiro atoms. The molecule has 0 unspecified atom stereocenters. The molecular weight excluding hydrogens is 293 g/mol. The van der Waals surface area contributed by atoms with E-state index in [-0.39, 0.29) is 11.8 Å². The molecule has 1 fully saturated rings. The minimum Gasteiger partial charge on any atom is -0.466 e. The maximum Gasteiger partial charge on any atom is 0.306 e. The minimum atomic E-state index is -0.225. The van der Waals surface area contributed by atoms with Crippen LogP contribution in [0.15, 0.2) is 24.4 Å². The Labute approximate surface area is 136 Å². The highest BCUT2D eigenvalue weighted by Gasteiger charge is 2.17. The van der Waals surface area contributed by atoms with Crippen molar-refractivity contribution < 1.29 is 13.9 Å². The normalized spacial score (nSPS) is 15.9. The Kier molecular flexibility index (Phi) is 5.31. The van der Waals surface area contributed by atoms with Crippen LogP contribution in [0.5, 0.6) is 0 Å². The van der Waals surface area contributed by atoms with E-state index in [0.29, 0.717) is 18.9 Å². The van der Waals surface area contributed by atoms with Gasteiger partial charge in [-0.15, -0.1) is 0 Å². The molecule has 3 rings (SSSR count). The molecule has 1 aromatic carbocycles. The number of hydrogen-bond donors (Lipinski definition) is 1. The Morgan fingerprint density at radius 3 is 2.91 bits per heavy atom. The van der Waals surface area contributed by atoms with Crippen molar-refractivity contribution >= 4 is 16.9 Å². The van der Waals surface area contributed by atoms with Gasteiger partial charge in [-0.05, 0) is 55.4 Å². The number of rotatable bonds is 6. The lowest BCUT2D eigenvalue weighted by Gasteiger charge is -2.20. The van der Waals surface area contributed by atoms with E-state index in [0.717, 1.165) is 42.1 Å². The molecule has 0 amide bonds. The summed E-state index contributed by atoms with van der Waals surface area (Å²) in [4.78, 5) is 15.0. The van der Waals surface area contributed by atoms with Crippen LogP contribution in [-0.2, 0) is 16.0 Å². The summed E-state index contributed by atoms with van der Waals surface area (Å²) in [7, 11) is 0. The van der Waals surface area contributed by atoms with Gasteiger partial charge in [0.2, 0.25) is 0 Å². The predicted octanol–water partition coefficient (Wildman–Crippen LogP) is 4.75. The van der Waals surface area contributed by atoms with Gasteiger partial charge in [0.1, 0.15) is 5.82 Å². The van der Waals surface area contributed by atoms with Crippen LogP contribution in [0.3, 0.4) is 0 Å². The summed E-state index contributed by atoms with van der Waals surface area (Å²) in [6.07, 6.45) is 10.1. The van der Waals surface area contributed by atoms with Crippen LogP contribution >= 0.6 is 0 Å². The predicted molar refractivity (Wildman–Crippen MR) is 88.7 cm³/mol. The quantitative estimate of drug-likeness (QED) is 0.617. The molecule has 0 radical (unpaired) electrons. The molecule has 3 nitrogen and oxygen atoms in total. The average Bonchev–Trinajstić information content (AvgIpc) is 2.95. The second kappa shape index (κ2) is 7.62. The van der Waals surface area contributed by atoms with Gasteiger partial charge in [0.25, 0.3) is 0 Å². The lowest BCUT2D eigenvalue weighted by Crippen LogP contribution is -2.15. The lowest BCUT2D eigenvalue weighted by molar-refractivity contribution is -0.145. The molecule has 23 heavy (non-hydrogen) atoms. The summed E-state index contributed by atoms with van der Waals surface area (Å²) < 4.78 is 18.7. The van der Waals surface area contributed by atoms with Gasteiger partial charge in [-0.1, -0.05) is 19.3 Å². The largest absolute Gasteiger partial charge is 0.466 e. The number of aromatic nitrogens is 1. The number of carbonyl (C=O) groups is 1. The van der Waals surface area contributed by atoms with E-state index in [1.54, 1.807) is 12.1 Å². The minimum absolute atomic E-state index is 0.0677. The Morgan fingerprint density at radius 1 is 1.26 bits per heavy atom. The summed E-state index contributed by atoms with van der Waals surface area (Å²) in [6, 6.07) is 4.75. The second-order valence-electron chi connectivity index (χ2n) is 6.54. The van der Waals surface area contributed by atoms with Crippen molar-refractivity contribution in [3.8, 4) is 0 Å². The van der Waals surface area contributed by atoms with Crippen molar-refractivity contribution in [3.63, 3.8) is 0 Å². The van der Waals surface area contributed by atoms with Crippen molar-refractivity contribution in [2.24, 2.45) is 5.92 Å². The van der Waals surface area contributed by atoms with Gasteiger partial charge in [0.05, 0.1) is 6.61 Å². The fourth-order valence-electron chi connectivity index (χ4n) is 3.49. The summed E-state index contributed by atoms with van der Waals surface area (Å²) in [6.45, 7) is 0.438. The number of benzene rings is 1. The molecule has 0 bridgehead atoms. The molecule has 0 atom stereocenters. The maximum absolute atomic E-state index is 13.3. The Hall–Kier alpha value is -1.84. The van der Waals surface area contributed by atoms with Crippen LogP contribution in [0, 0.1) is 11.7 Å². The Bertz CT molecular complexity index is 658. The molecule has 1 N–H and O–H groups in total. The summed E-state index contributed by atoms with van der Waals surface area (Å²) in [5.74, 6) is 0.229. The molecule has 1 saturated carbocycles. The third-order valence-corrected chi connectivity index (χ3v) is 4.76. The van der Waals surface area contributed by atoms with Gasteiger partial charge in [-0.2, -0.15) is 0 Å². The number of fused-ring (bicyclic) bond motifs is 1. The standard InChI is InChI=1S/C19H24FNO2/c20-16-8-9-18-17(12-16)15(13-21-18)7-4-10-23-19(22)11-14-5-2-1-3-6-14/h8-9,12-14,21H,1-7,10-11H2. The average molecular weight is 317 g/mol. The maximum atomic E-state index is 13.3. The first kappa shape index (κ1) is 16.0. The van der Waals surface area contributed by atoms with E-state index >= 15 is 0 Å². The zero-order valence-corrected chi connectivity index (χ0v) is 13.4. The molecule has 124 valence electrons. The van der Waals surface area contributed by atoms with Crippen LogP contribution < -0.4 is 0 Å². The zero-order chi connectivity index (χ0) is 16.1. The number of esters is 1. The molecule has 1 heterocycles. The molecule has 4 heteroatoms. The van der Waals surface area contributed by atoms with E-state index in [1.165, 1.54) is 25.3 Å².